The summed E-state index contributed by atoms with van der Waals surface area (Å²) in [6.45, 7) is 2.32. The van der Waals surface area contributed by atoms with Crippen molar-refractivity contribution in [3.63, 3.8) is 0 Å². The van der Waals surface area contributed by atoms with Crippen molar-refractivity contribution in [1.29, 1.82) is 0 Å². The fourth-order valence-corrected chi connectivity index (χ4v) is 1.60. The zero-order chi connectivity index (χ0) is 5.82. The summed E-state index contributed by atoms with van der Waals surface area (Å²) in [6.07, 6.45) is 8.93. The predicted octanol–water partition coefficient (Wildman–Crippen LogP) is 2.71. The number of hydrogen-bond acceptors (Lipinski definition) is 0. The standard InChI is InChI=1S/C8H16.AtH/c1-2-8-6-4-3-5-7-8;/h8H,2-7H2,1H3;1H. The Balaban J connectivity index is 0.000000640. The number of hydrogen-bond donors (Lipinski definition) is 0. The molecule has 0 spiro atoms. The van der Waals surface area contributed by atoms with Crippen LogP contribution in [0.15, 0.2) is 0 Å². The summed E-state index contributed by atoms with van der Waals surface area (Å²) >= 11 is 0. The van der Waals surface area contributed by atoms with E-state index < -0.39 is 0 Å². The van der Waals surface area contributed by atoms with E-state index in [4.69, 9.17) is 0 Å². The second-order valence-electron chi connectivity index (χ2n) is 2.91. The van der Waals surface area contributed by atoms with Crippen molar-refractivity contribution in [1.82, 2.24) is 0 Å². The summed E-state index contributed by atoms with van der Waals surface area (Å²) in [6, 6.07) is 0. The second-order valence-corrected chi connectivity index (χ2v) is 2.91. The molecule has 0 amide bonds. The first kappa shape index (κ1) is 9.88. The summed E-state index contributed by atoms with van der Waals surface area (Å²) in [4.78, 5) is 0. The minimum atomic E-state index is 0. The van der Waals surface area contributed by atoms with Crippen molar-refractivity contribution < 1.29 is 26.2 Å². The zero-order valence-corrected chi connectivity index (χ0v) is 9.40. The molecule has 9 heavy (non-hydrogen) atoms. The summed E-state index contributed by atoms with van der Waals surface area (Å²) in [5, 5.41) is 0. The van der Waals surface area contributed by atoms with Crippen LogP contribution in [0.25, 0.3) is 0 Å². The van der Waals surface area contributed by atoms with E-state index in [1.807, 2.05) is 0 Å². The molecule has 0 aromatic heterocycles. The van der Waals surface area contributed by atoms with Gasteiger partial charge in [0.15, 0.2) is 0 Å². The van der Waals surface area contributed by atoms with Gasteiger partial charge in [-0.3, -0.25) is 0 Å². The van der Waals surface area contributed by atoms with E-state index in [0.717, 1.165) is 5.92 Å². The van der Waals surface area contributed by atoms with Gasteiger partial charge in [-0.05, 0) is 5.92 Å². The average molecular weight is 323 g/mol. The van der Waals surface area contributed by atoms with Gasteiger partial charge in [-0.2, -0.15) is 0 Å². The van der Waals surface area contributed by atoms with Gasteiger partial charge >= 0.3 is 26.2 Å². The van der Waals surface area contributed by atoms with E-state index in [1.54, 1.807) is 0 Å². The van der Waals surface area contributed by atoms with Gasteiger partial charge in [0.2, 0.25) is 0 Å². The van der Waals surface area contributed by atoms with Gasteiger partial charge in [0, 0.05) is 0 Å². The molecule has 0 saturated heterocycles. The molecule has 1 aliphatic carbocycles. The van der Waals surface area contributed by atoms with Crippen LogP contribution in [0.5, 0.6) is 0 Å². The fourth-order valence-electron chi connectivity index (χ4n) is 1.60. The van der Waals surface area contributed by atoms with Gasteiger partial charge in [0.25, 0.3) is 0 Å². The van der Waals surface area contributed by atoms with E-state index in [-0.39, 0.29) is 26.2 Å². The number of rotatable bonds is 1. The molecule has 0 atom stereocenters. The van der Waals surface area contributed by atoms with Crippen LogP contribution >= 0.6 is 0 Å². The minimum absolute atomic E-state index is 0. The molecule has 0 aromatic rings. The van der Waals surface area contributed by atoms with Crippen LogP contribution in [0.2, 0.25) is 0 Å². The van der Waals surface area contributed by atoms with E-state index >= 15 is 0 Å². The molecular weight excluding hydrogens is 306 g/mol. The van der Waals surface area contributed by atoms with Crippen LogP contribution in [-0.4, -0.2) is 0 Å². The molecule has 0 nitrogen and oxygen atoms in total. The van der Waals surface area contributed by atoms with Gasteiger partial charge in [-0.1, -0.05) is 45.4 Å². The Morgan fingerprint density at radius 2 is 1.67 bits per heavy atom. The average Bonchev–Trinajstić information content (AvgIpc) is 1.90. The van der Waals surface area contributed by atoms with Gasteiger partial charge in [-0.25, -0.2) is 0 Å². The third-order valence-corrected chi connectivity index (χ3v) is 2.30. The third-order valence-electron chi connectivity index (χ3n) is 2.30. The third kappa shape index (κ3) is 3.55. The van der Waals surface area contributed by atoms with Crippen molar-refractivity contribution in [2.45, 2.75) is 45.4 Å². The Morgan fingerprint density at radius 1 is 1.11 bits per heavy atom. The van der Waals surface area contributed by atoms with E-state index in [0.29, 0.717) is 0 Å². The zero-order valence-electron chi connectivity index (χ0n) is 6.23. The first-order valence-corrected chi connectivity index (χ1v) is 3.93. The maximum absolute atomic E-state index is 2.32. The molecule has 1 heteroatoms. The van der Waals surface area contributed by atoms with Gasteiger partial charge < -0.3 is 0 Å². The molecule has 1 rings (SSSR count). The molecule has 0 aliphatic heterocycles. The monoisotopic (exact) mass is 323 g/mol. The van der Waals surface area contributed by atoms with E-state index in [1.165, 1.54) is 38.5 Å². The van der Waals surface area contributed by atoms with Crippen molar-refractivity contribution in [2.75, 3.05) is 0 Å². The molecule has 0 bridgehead atoms. The fraction of sp³-hybridized carbons (Fsp3) is 1.00. The van der Waals surface area contributed by atoms with Crippen LogP contribution in [0.4, 0.5) is 0 Å². The maximum atomic E-state index is 2.32. The molecule has 0 aromatic carbocycles. The van der Waals surface area contributed by atoms with Crippen molar-refractivity contribution in [3.8, 4) is 0 Å². The Hall–Kier alpha value is 0.883. The van der Waals surface area contributed by atoms with Crippen LogP contribution in [0.1, 0.15) is 45.4 Å². The second kappa shape index (κ2) is 5.65. The summed E-state index contributed by atoms with van der Waals surface area (Å²) in [5.41, 5.74) is 0. The van der Waals surface area contributed by atoms with E-state index in [9.17, 15) is 0 Å². The van der Waals surface area contributed by atoms with E-state index in [2.05, 4.69) is 6.92 Å². The molecule has 0 radical (unpaired) electrons. The SMILES string of the molecule is CCC1CCCCC1.[AtH]. The molecule has 0 unspecified atom stereocenters. The van der Waals surface area contributed by atoms with Gasteiger partial charge in [-0.15, -0.1) is 0 Å². The molecule has 1 fully saturated rings. The first-order chi connectivity index (χ1) is 3.93. The summed E-state index contributed by atoms with van der Waals surface area (Å²) < 4.78 is 0. The Kier molecular flexibility index (Phi) is 6.21. The molecule has 0 N–H and O–H groups in total. The normalized spacial score (nSPS) is 21.0. The first-order valence-electron chi connectivity index (χ1n) is 3.93. The quantitative estimate of drug-likeness (QED) is 0.696. The van der Waals surface area contributed by atoms with Crippen LogP contribution < -0.4 is 0 Å². The Morgan fingerprint density at radius 3 is 2.00 bits per heavy atom. The van der Waals surface area contributed by atoms with Gasteiger partial charge in [0.05, 0.1) is 0 Å². The predicted molar refractivity (Wildman–Crippen MR) is 38.3 cm³/mol. The molecular formula is C8H17At. The van der Waals surface area contributed by atoms with Crippen molar-refractivity contribution >= 4 is 0 Å². The summed E-state index contributed by atoms with van der Waals surface area (Å²) in [7, 11) is 0. The van der Waals surface area contributed by atoms with Gasteiger partial charge in [0.1, 0.15) is 0 Å². The Bertz CT molecular complexity index is 55.6. The molecule has 1 saturated carbocycles. The molecule has 0 heterocycles. The molecule has 56 valence electrons. The summed E-state index contributed by atoms with van der Waals surface area (Å²) in [5.74, 6) is 1.09. The van der Waals surface area contributed by atoms with Crippen LogP contribution in [0, 0.1) is 32.1 Å². The van der Waals surface area contributed by atoms with Crippen molar-refractivity contribution in [2.24, 2.45) is 5.92 Å². The van der Waals surface area contributed by atoms with Crippen molar-refractivity contribution in [3.05, 3.63) is 0 Å². The van der Waals surface area contributed by atoms with Crippen LogP contribution in [0.3, 0.4) is 0 Å². The molecule has 1 aliphatic rings. The topological polar surface area (TPSA) is 0 Å². The Labute approximate surface area is 77.5 Å². The van der Waals surface area contributed by atoms with Crippen LogP contribution in [-0.2, 0) is 0 Å².